The van der Waals surface area contributed by atoms with Crippen molar-refractivity contribution in [2.75, 3.05) is 6.54 Å². The summed E-state index contributed by atoms with van der Waals surface area (Å²) in [5.74, 6) is 1.92. The minimum Gasteiger partial charge on any atom is -0.359 e. The molecule has 0 atom stereocenters. The van der Waals surface area contributed by atoms with Crippen LogP contribution in [-0.2, 0) is 19.6 Å². The van der Waals surface area contributed by atoms with E-state index in [2.05, 4.69) is 68.4 Å². The smallest absolute Gasteiger partial charge is 0.191 e. The highest BCUT2D eigenvalue weighted by molar-refractivity contribution is 5.79. The van der Waals surface area contributed by atoms with Gasteiger partial charge in [-0.1, -0.05) is 43.3 Å². The number of nitrogens with one attached hydrogen (secondary N) is 2. The zero-order valence-corrected chi connectivity index (χ0v) is 16.7. The van der Waals surface area contributed by atoms with Gasteiger partial charge in [-0.15, -0.1) is 0 Å². The first kappa shape index (κ1) is 19.7. The second-order valence-electron chi connectivity index (χ2n) is 6.97. The molecule has 0 aliphatic carbocycles. The van der Waals surface area contributed by atoms with Crippen molar-refractivity contribution in [3.05, 3.63) is 71.6 Å². The molecule has 0 saturated carbocycles. The molecule has 148 valence electrons. The summed E-state index contributed by atoms with van der Waals surface area (Å²) < 4.78 is 7.42. The summed E-state index contributed by atoms with van der Waals surface area (Å²) >= 11 is 0. The van der Waals surface area contributed by atoms with Crippen LogP contribution in [-0.4, -0.2) is 27.2 Å². The second-order valence-corrected chi connectivity index (χ2v) is 6.97. The maximum absolute atomic E-state index is 5.37. The Hall–Kier alpha value is -3.09. The van der Waals surface area contributed by atoms with Crippen LogP contribution in [0, 0.1) is 0 Å². The number of rotatable bonds is 8. The number of nitrogens with zero attached hydrogens (tertiary/aromatic N) is 4. The third-order valence-electron chi connectivity index (χ3n) is 4.31. The molecule has 3 aromatic rings. The molecular formula is C21H28N6O. The first-order chi connectivity index (χ1) is 13.6. The molecule has 7 nitrogen and oxygen atoms in total. The lowest BCUT2D eigenvalue weighted by atomic mass is 10.1. The largest absolute Gasteiger partial charge is 0.359 e. The minimum atomic E-state index is 0.358. The monoisotopic (exact) mass is 380 g/mol. The molecule has 2 aromatic heterocycles. The molecule has 0 radical (unpaired) electrons. The summed E-state index contributed by atoms with van der Waals surface area (Å²) in [6.07, 6.45) is 5.58. The molecule has 0 aliphatic heterocycles. The van der Waals surface area contributed by atoms with E-state index in [0.717, 1.165) is 36.1 Å². The molecule has 2 N–H and O–H groups in total. The topological polar surface area (TPSA) is 80.3 Å². The van der Waals surface area contributed by atoms with Crippen molar-refractivity contribution in [2.45, 2.75) is 46.3 Å². The molecule has 0 spiro atoms. The molecule has 2 heterocycles. The number of guanidine groups is 1. The summed E-state index contributed by atoms with van der Waals surface area (Å²) in [5, 5.41) is 10.6. The molecule has 0 aliphatic rings. The van der Waals surface area contributed by atoms with Crippen molar-refractivity contribution in [3.8, 4) is 0 Å². The van der Waals surface area contributed by atoms with E-state index < -0.39 is 0 Å². The molecule has 7 heteroatoms. The number of hydrogen-bond acceptors (Lipinski definition) is 4. The summed E-state index contributed by atoms with van der Waals surface area (Å²) in [5.41, 5.74) is 3.37. The molecule has 0 saturated heterocycles. The highest BCUT2D eigenvalue weighted by atomic mass is 16.5. The minimum absolute atomic E-state index is 0.358. The van der Waals surface area contributed by atoms with Crippen LogP contribution >= 0.6 is 0 Å². The Labute approximate surface area is 165 Å². The summed E-state index contributed by atoms with van der Waals surface area (Å²) in [6, 6.07) is 10.5. The van der Waals surface area contributed by atoms with E-state index in [4.69, 9.17) is 4.52 Å². The van der Waals surface area contributed by atoms with Crippen LogP contribution in [0.4, 0.5) is 0 Å². The number of imidazole rings is 1. The molecule has 28 heavy (non-hydrogen) atoms. The van der Waals surface area contributed by atoms with Crippen LogP contribution in [0.25, 0.3) is 0 Å². The maximum atomic E-state index is 5.37. The number of aliphatic imine (C=N–C) groups is 1. The van der Waals surface area contributed by atoms with E-state index in [9.17, 15) is 0 Å². The van der Waals surface area contributed by atoms with Crippen LogP contribution in [0.2, 0.25) is 0 Å². The third kappa shape index (κ3) is 5.70. The van der Waals surface area contributed by atoms with Crippen LogP contribution < -0.4 is 10.6 Å². The van der Waals surface area contributed by atoms with Crippen LogP contribution in [0.1, 0.15) is 49.3 Å². The van der Waals surface area contributed by atoms with Gasteiger partial charge in [0.25, 0.3) is 0 Å². The summed E-state index contributed by atoms with van der Waals surface area (Å²) in [7, 11) is 0. The van der Waals surface area contributed by atoms with Gasteiger partial charge in [0.2, 0.25) is 0 Å². The van der Waals surface area contributed by atoms with Gasteiger partial charge in [0, 0.05) is 31.5 Å². The average Bonchev–Trinajstić information content (AvgIpc) is 3.37. The highest BCUT2D eigenvalue weighted by Crippen LogP contribution is 2.13. The Balaban J connectivity index is 1.55. The van der Waals surface area contributed by atoms with Gasteiger partial charge in [-0.2, -0.15) is 0 Å². The fraction of sp³-hybridized carbons (Fsp3) is 0.381. The van der Waals surface area contributed by atoms with E-state index >= 15 is 0 Å². The Kier molecular flexibility index (Phi) is 6.84. The number of benzene rings is 1. The molecule has 0 bridgehead atoms. The normalized spacial score (nSPS) is 11.8. The van der Waals surface area contributed by atoms with E-state index in [1.165, 1.54) is 5.56 Å². The highest BCUT2D eigenvalue weighted by Gasteiger charge is 2.08. The zero-order chi connectivity index (χ0) is 19.8. The quantitative estimate of drug-likeness (QED) is 0.463. The van der Waals surface area contributed by atoms with Crippen LogP contribution in [0.15, 0.2) is 58.6 Å². The van der Waals surface area contributed by atoms with Crippen molar-refractivity contribution >= 4 is 5.96 Å². The predicted octanol–water partition coefficient (Wildman–Crippen LogP) is 3.30. The van der Waals surface area contributed by atoms with Crippen LogP contribution in [0.5, 0.6) is 0 Å². The maximum Gasteiger partial charge on any atom is 0.191 e. The Morgan fingerprint density at radius 1 is 1.18 bits per heavy atom. The SMILES string of the molecule is CCNC(=NCc1ccc(Cn2ccnc2)cc1)NCc1cc(C(C)C)no1. The standard InChI is InChI=1S/C21H28N6O/c1-4-23-21(25-13-19-11-20(16(2)3)26-28-19)24-12-17-5-7-18(8-6-17)14-27-10-9-22-15-27/h5-11,15-16H,4,12-14H2,1-3H3,(H2,23,24,25). The lowest BCUT2D eigenvalue weighted by molar-refractivity contribution is 0.372. The Bertz CT molecular complexity index is 865. The summed E-state index contributed by atoms with van der Waals surface area (Å²) in [6.45, 7) is 9.02. The molecular weight excluding hydrogens is 352 g/mol. The van der Waals surface area contributed by atoms with Gasteiger partial charge in [0.1, 0.15) is 0 Å². The summed E-state index contributed by atoms with van der Waals surface area (Å²) in [4.78, 5) is 8.74. The zero-order valence-electron chi connectivity index (χ0n) is 16.7. The fourth-order valence-corrected chi connectivity index (χ4v) is 2.71. The molecule has 0 fully saturated rings. The molecule has 0 amide bonds. The van der Waals surface area contributed by atoms with Crippen molar-refractivity contribution in [3.63, 3.8) is 0 Å². The predicted molar refractivity (Wildman–Crippen MR) is 110 cm³/mol. The Morgan fingerprint density at radius 3 is 2.61 bits per heavy atom. The second kappa shape index (κ2) is 9.73. The van der Waals surface area contributed by atoms with Gasteiger partial charge in [-0.05, 0) is 24.0 Å². The Morgan fingerprint density at radius 2 is 1.96 bits per heavy atom. The lowest BCUT2D eigenvalue weighted by Crippen LogP contribution is -2.36. The molecule has 1 aromatic carbocycles. The number of hydrogen-bond donors (Lipinski definition) is 2. The van der Waals surface area contributed by atoms with Crippen molar-refractivity contribution in [1.29, 1.82) is 0 Å². The first-order valence-electron chi connectivity index (χ1n) is 9.65. The van der Waals surface area contributed by atoms with Gasteiger partial charge in [0.15, 0.2) is 11.7 Å². The van der Waals surface area contributed by atoms with Gasteiger partial charge in [0.05, 0.1) is 25.1 Å². The van der Waals surface area contributed by atoms with Crippen molar-refractivity contribution in [2.24, 2.45) is 4.99 Å². The van der Waals surface area contributed by atoms with E-state index in [-0.39, 0.29) is 0 Å². The van der Waals surface area contributed by atoms with Gasteiger partial charge < -0.3 is 19.7 Å². The first-order valence-corrected chi connectivity index (χ1v) is 9.65. The molecule has 3 rings (SSSR count). The van der Waals surface area contributed by atoms with Crippen LogP contribution in [0.3, 0.4) is 0 Å². The fourth-order valence-electron chi connectivity index (χ4n) is 2.71. The van der Waals surface area contributed by atoms with Gasteiger partial charge in [-0.3, -0.25) is 0 Å². The van der Waals surface area contributed by atoms with Crippen molar-refractivity contribution < 1.29 is 4.52 Å². The molecule has 0 unspecified atom stereocenters. The van der Waals surface area contributed by atoms with E-state index in [1.54, 1.807) is 6.20 Å². The van der Waals surface area contributed by atoms with E-state index in [1.807, 2.05) is 25.5 Å². The van der Waals surface area contributed by atoms with Gasteiger partial charge in [-0.25, -0.2) is 9.98 Å². The average molecular weight is 380 g/mol. The third-order valence-corrected chi connectivity index (χ3v) is 4.31. The van der Waals surface area contributed by atoms with Gasteiger partial charge >= 0.3 is 0 Å². The van der Waals surface area contributed by atoms with E-state index in [0.29, 0.717) is 19.0 Å². The number of aromatic nitrogens is 3. The van der Waals surface area contributed by atoms with Crippen molar-refractivity contribution in [1.82, 2.24) is 25.3 Å². The lowest BCUT2D eigenvalue weighted by Gasteiger charge is -2.10.